The SMILES string of the molecule is CCCCCCCCCCCC/C=C\CCCCC1(O)C(=O)OCC1O. The third-order valence-corrected chi connectivity index (χ3v) is 5.35. The van der Waals surface area contributed by atoms with Gasteiger partial charge in [-0.1, -0.05) is 76.9 Å². The zero-order chi connectivity index (χ0) is 19.1. The van der Waals surface area contributed by atoms with Crippen molar-refractivity contribution in [3.05, 3.63) is 12.2 Å². The van der Waals surface area contributed by atoms with Gasteiger partial charge in [0.15, 0.2) is 5.60 Å². The van der Waals surface area contributed by atoms with Crippen LogP contribution in [0.15, 0.2) is 12.2 Å². The Morgan fingerprint density at radius 2 is 1.42 bits per heavy atom. The fourth-order valence-corrected chi connectivity index (χ4v) is 3.46. The van der Waals surface area contributed by atoms with E-state index in [9.17, 15) is 15.0 Å². The summed E-state index contributed by atoms with van der Waals surface area (Å²) in [4.78, 5) is 11.5. The maximum Gasteiger partial charge on any atom is 0.341 e. The predicted octanol–water partition coefficient (Wildman–Crippen LogP) is 5.06. The summed E-state index contributed by atoms with van der Waals surface area (Å²) in [7, 11) is 0. The minimum Gasteiger partial charge on any atom is -0.461 e. The molecule has 0 aromatic rings. The van der Waals surface area contributed by atoms with E-state index in [1.54, 1.807) is 0 Å². The topological polar surface area (TPSA) is 66.8 Å². The molecule has 0 radical (unpaired) electrons. The molecule has 152 valence electrons. The highest BCUT2D eigenvalue weighted by molar-refractivity contribution is 5.82. The van der Waals surface area contributed by atoms with Gasteiger partial charge in [0.05, 0.1) is 0 Å². The summed E-state index contributed by atoms with van der Waals surface area (Å²) in [5.74, 6) is -0.679. The largest absolute Gasteiger partial charge is 0.461 e. The minimum atomic E-state index is -1.68. The second kappa shape index (κ2) is 14.2. The van der Waals surface area contributed by atoms with Crippen LogP contribution in [0.2, 0.25) is 0 Å². The summed E-state index contributed by atoms with van der Waals surface area (Å²) < 4.78 is 4.71. The molecule has 0 saturated carbocycles. The van der Waals surface area contributed by atoms with E-state index in [0.29, 0.717) is 6.42 Å². The normalized spacial score (nSPS) is 23.0. The van der Waals surface area contributed by atoms with E-state index in [4.69, 9.17) is 4.74 Å². The van der Waals surface area contributed by atoms with Crippen molar-refractivity contribution < 1.29 is 19.7 Å². The highest BCUT2D eigenvalue weighted by Gasteiger charge is 2.49. The molecule has 26 heavy (non-hydrogen) atoms. The van der Waals surface area contributed by atoms with Gasteiger partial charge < -0.3 is 14.9 Å². The monoisotopic (exact) mass is 368 g/mol. The maximum absolute atomic E-state index is 11.5. The van der Waals surface area contributed by atoms with Crippen LogP contribution >= 0.6 is 0 Å². The number of hydrogen-bond donors (Lipinski definition) is 2. The van der Waals surface area contributed by atoms with Crippen molar-refractivity contribution in [2.45, 2.75) is 115 Å². The fraction of sp³-hybridized carbons (Fsp3) is 0.864. The van der Waals surface area contributed by atoms with Crippen molar-refractivity contribution in [3.63, 3.8) is 0 Å². The van der Waals surface area contributed by atoms with E-state index in [0.717, 1.165) is 19.3 Å². The molecule has 1 saturated heterocycles. The van der Waals surface area contributed by atoms with Crippen LogP contribution in [-0.2, 0) is 9.53 Å². The van der Waals surface area contributed by atoms with Crippen LogP contribution in [0.1, 0.15) is 103 Å². The van der Waals surface area contributed by atoms with Crippen LogP contribution in [0.3, 0.4) is 0 Å². The Morgan fingerprint density at radius 1 is 0.923 bits per heavy atom. The Morgan fingerprint density at radius 3 is 1.92 bits per heavy atom. The maximum atomic E-state index is 11.5. The van der Waals surface area contributed by atoms with E-state index in [1.165, 1.54) is 64.2 Å². The van der Waals surface area contributed by atoms with E-state index in [2.05, 4.69) is 19.1 Å². The van der Waals surface area contributed by atoms with Crippen LogP contribution in [-0.4, -0.2) is 34.5 Å². The standard InChI is InChI=1S/C22H40O4/c1-2-3-4-5-6-7-8-9-10-11-12-13-14-15-16-17-18-22(25)20(23)19-26-21(22)24/h13-14,20,23,25H,2-12,15-19H2,1H3/b14-13-. The van der Waals surface area contributed by atoms with Gasteiger partial charge in [0.2, 0.25) is 0 Å². The number of cyclic esters (lactones) is 1. The molecule has 2 atom stereocenters. The zero-order valence-corrected chi connectivity index (χ0v) is 16.8. The molecule has 0 amide bonds. The molecule has 1 heterocycles. The van der Waals surface area contributed by atoms with Crippen LogP contribution < -0.4 is 0 Å². The second-order valence-corrected chi connectivity index (χ2v) is 7.73. The van der Waals surface area contributed by atoms with Crippen LogP contribution in [0, 0.1) is 0 Å². The highest BCUT2D eigenvalue weighted by atomic mass is 16.6. The minimum absolute atomic E-state index is 0.0892. The van der Waals surface area contributed by atoms with Crippen molar-refractivity contribution in [2.24, 2.45) is 0 Å². The number of hydrogen-bond acceptors (Lipinski definition) is 4. The van der Waals surface area contributed by atoms with Crippen molar-refractivity contribution in [1.82, 2.24) is 0 Å². The van der Waals surface area contributed by atoms with E-state index in [-0.39, 0.29) is 13.0 Å². The van der Waals surface area contributed by atoms with Gasteiger partial charge >= 0.3 is 5.97 Å². The van der Waals surface area contributed by atoms with Gasteiger partial charge in [-0.15, -0.1) is 0 Å². The van der Waals surface area contributed by atoms with Crippen LogP contribution in [0.5, 0.6) is 0 Å². The molecule has 0 aromatic heterocycles. The van der Waals surface area contributed by atoms with Gasteiger partial charge in [-0.3, -0.25) is 0 Å². The average Bonchev–Trinajstić information content (AvgIpc) is 2.89. The lowest BCUT2D eigenvalue weighted by atomic mass is 9.92. The molecule has 0 aliphatic carbocycles. The Kier molecular flexibility index (Phi) is 12.7. The number of ether oxygens (including phenoxy) is 1. The number of allylic oxidation sites excluding steroid dienone is 2. The molecule has 1 aliphatic heterocycles. The molecular weight excluding hydrogens is 328 g/mol. The molecule has 2 unspecified atom stereocenters. The summed E-state index contributed by atoms with van der Waals surface area (Å²) in [6.07, 6.45) is 21.0. The quantitative estimate of drug-likeness (QED) is 0.227. The summed E-state index contributed by atoms with van der Waals surface area (Å²) in [6, 6.07) is 0. The first-order valence-corrected chi connectivity index (χ1v) is 10.8. The Labute approximate surface area is 160 Å². The van der Waals surface area contributed by atoms with Gasteiger partial charge in [-0.2, -0.15) is 0 Å². The first-order chi connectivity index (χ1) is 12.6. The van der Waals surface area contributed by atoms with Crippen molar-refractivity contribution in [3.8, 4) is 0 Å². The van der Waals surface area contributed by atoms with E-state index in [1.807, 2.05) is 0 Å². The van der Waals surface area contributed by atoms with E-state index >= 15 is 0 Å². The third-order valence-electron chi connectivity index (χ3n) is 5.35. The zero-order valence-electron chi connectivity index (χ0n) is 16.8. The first-order valence-electron chi connectivity index (χ1n) is 10.8. The van der Waals surface area contributed by atoms with Gasteiger partial charge in [0, 0.05) is 0 Å². The number of aliphatic hydroxyl groups excluding tert-OH is 1. The van der Waals surface area contributed by atoms with Gasteiger partial charge in [-0.05, 0) is 38.5 Å². The molecular formula is C22H40O4. The first kappa shape index (κ1) is 23.2. The van der Waals surface area contributed by atoms with E-state index < -0.39 is 17.7 Å². The summed E-state index contributed by atoms with van der Waals surface area (Å²) >= 11 is 0. The van der Waals surface area contributed by atoms with Crippen LogP contribution in [0.4, 0.5) is 0 Å². The lowest BCUT2D eigenvalue weighted by Gasteiger charge is -2.20. The summed E-state index contributed by atoms with van der Waals surface area (Å²) in [5.41, 5.74) is -1.68. The molecule has 2 N–H and O–H groups in total. The molecule has 0 bridgehead atoms. The molecule has 1 rings (SSSR count). The molecule has 0 spiro atoms. The van der Waals surface area contributed by atoms with Gasteiger partial charge in [-0.25, -0.2) is 4.79 Å². The Hall–Kier alpha value is -0.870. The number of unbranched alkanes of at least 4 members (excludes halogenated alkanes) is 12. The smallest absolute Gasteiger partial charge is 0.341 e. The number of carbonyl (C=O) groups is 1. The second-order valence-electron chi connectivity index (χ2n) is 7.73. The molecule has 4 heteroatoms. The van der Waals surface area contributed by atoms with Crippen molar-refractivity contribution in [2.75, 3.05) is 6.61 Å². The average molecular weight is 369 g/mol. The molecule has 1 aliphatic rings. The summed E-state index contributed by atoms with van der Waals surface area (Å²) in [5, 5.41) is 19.7. The number of carbonyl (C=O) groups excluding carboxylic acids is 1. The van der Waals surface area contributed by atoms with Crippen LogP contribution in [0.25, 0.3) is 0 Å². The number of rotatable bonds is 16. The van der Waals surface area contributed by atoms with Gasteiger partial charge in [0.1, 0.15) is 12.7 Å². The van der Waals surface area contributed by atoms with Crippen molar-refractivity contribution in [1.29, 1.82) is 0 Å². The van der Waals surface area contributed by atoms with Gasteiger partial charge in [0.25, 0.3) is 0 Å². The number of aliphatic hydroxyl groups is 2. The fourth-order valence-electron chi connectivity index (χ4n) is 3.46. The Bertz CT molecular complexity index is 394. The lowest BCUT2D eigenvalue weighted by molar-refractivity contribution is -0.156. The lowest BCUT2D eigenvalue weighted by Crippen LogP contribution is -2.44. The number of esters is 1. The summed E-state index contributed by atoms with van der Waals surface area (Å²) in [6.45, 7) is 2.17. The Balaban J connectivity index is 1.86. The molecule has 1 fully saturated rings. The van der Waals surface area contributed by atoms with Crippen molar-refractivity contribution >= 4 is 5.97 Å². The highest BCUT2D eigenvalue weighted by Crippen LogP contribution is 2.26. The molecule has 4 nitrogen and oxygen atoms in total. The predicted molar refractivity (Wildman–Crippen MR) is 106 cm³/mol. The third kappa shape index (κ3) is 9.18. The molecule has 0 aromatic carbocycles.